The molecule has 0 aliphatic carbocycles. The smallest absolute Gasteiger partial charge is 0.248 e. The van der Waals surface area contributed by atoms with Crippen molar-refractivity contribution in [2.75, 3.05) is 10.5 Å². The number of halogens is 4. The zero-order valence-electron chi connectivity index (χ0n) is 18.0. The van der Waals surface area contributed by atoms with Gasteiger partial charge in [-0.2, -0.15) is 0 Å². The first-order chi connectivity index (χ1) is 16.7. The first-order valence-electron chi connectivity index (χ1n) is 10.1. The Bertz CT molecular complexity index is 1520. The number of anilines is 2. The summed E-state index contributed by atoms with van der Waals surface area (Å²) in [6.45, 7) is 1.64. The number of rotatable bonds is 6. The predicted octanol–water partition coefficient (Wildman–Crippen LogP) is 5.42. The Morgan fingerprint density at radius 3 is 2.60 bits per heavy atom. The van der Waals surface area contributed by atoms with Crippen LogP contribution in [-0.4, -0.2) is 15.7 Å². The average molecular weight is 499 g/mol. The van der Waals surface area contributed by atoms with Crippen LogP contribution in [0.1, 0.15) is 17.0 Å². The van der Waals surface area contributed by atoms with Crippen molar-refractivity contribution in [1.29, 1.82) is 5.41 Å². The van der Waals surface area contributed by atoms with Crippen LogP contribution in [0.15, 0.2) is 64.4 Å². The van der Waals surface area contributed by atoms with Gasteiger partial charge in [0.05, 0.1) is 45.1 Å². The Morgan fingerprint density at radius 1 is 1.09 bits per heavy atom. The maximum Gasteiger partial charge on any atom is 0.248 e. The second-order valence-corrected chi connectivity index (χ2v) is 8.27. The van der Waals surface area contributed by atoms with Crippen LogP contribution < -0.4 is 16.0 Å². The van der Waals surface area contributed by atoms with Crippen molar-refractivity contribution in [3.05, 3.63) is 105 Å². The van der Waals surface area contributed by atoms with Crippen LogP contribution in [0.25, 0.3) is 11.1 Å². The van der Waals surface area contributed by atoms with Crippen molar-refractivity contribution in [2.24, 2.45) is 0 Å². The van der Waals surface area contributed by atoms with Gasteiger partial charge in [0, 0.05) is 17.2 Å². The number of hydrogen-bond acceptors (Lipinski definition) is 6. The van der Waals surface area contributed by atoms with E-state index in [1.165, 1.54) is 30.3 Å². The Labute approximate surface area is 200 Å². The van der Waals surface area contributed by atoms with Gasteiger partial charge in [0.25, 0.3) is 0 Å². The molecule has 4 rings (SSSR count). The standard InChI is InChI=1S/C24H17F4N5OS/c1-11-18(9-12(25)10-31-11)35-33-16-8-7-15(26)20(22(16)28)13-5-6-14(24(30)21(13)27)23(29)17-3-2-4-19(34)32-17/h2-10,29,33H,30H2,1H3,(H,32,34). The number of aromatic nitrogens is 2. The maximum absolute atomic E-state index is 15.3. The first kappa shape index (κ1) is 24.0. The van der Waals surface area contributed by atoms with Gasteiger partial charge in [0.2, 0.25) is 5.56 Å². The number of nitrogen functional groups attached to an aromatic ring is 1. The lowest BCUT2D eigenvalue weighted by atomic mass is 9.97. The largest absolute Gasteiger partial charge is 0.396 e. The van der Waals surface area contributed by atoms with Gasteiger partial charge >= 0.3 is 0 Å². The van der Waals surface area contributed by atoms with E-state index in [2.05, 4.69) is 14.7 Å². The summed E-state index contributed by atoms with van der Waals surface area (Å²) in [7, 11) is 0. The summed E-state index contributed by atoms with van der Waals surface area (Å²) in [6.07, 6.45) is 1.04. The molecule has 0 bridgehead atoms. The summed E-state index contributed by atoms with van der Waals surface area (Å²) in [5.41, 5.74) is 3.88. The lowest BCUT2D eigenvalue weighted by molar-refractivity contribution is 0.585. The molecule has 0 fully saturated rings. The van der Waals surface area contributed by atoms with E-state index in [4.69, 9.17) is 11.1 Å². The molecule has 0 aliphatic rings. The van der Waals surface area contributed by atoms with E-state index >= 15 is 8.78 Å². The van der Waals surface area contributed by atoms with Crippen molar-refractivity contribution in [3.63, 3.8) is 0 Å². The molecule has 178 valence electrons. The van der Waals surface area contributed by atoms with Crippen LogP contribution in [-0.2, 0) is 0 Å². The Hall–Kier alpha value is -4.12. The Morgan fingerprint density at radius 2 is 1.86 bits per heavy atom. The molecule has 0 radical (unpaired) electrons. The highest BCUT2D eigenvalue weighted by atomic mass is 32.2. The number of nitrogens with zero attached hydrogens (tertiary/aromatic N) is 1. The van der Waals surface area contributed by atoms with Gasteiger partial charge in [-0.15, -0.1) is 0 Å². The zero-order valence-corrected chi connectivity index (χ0v) is 18.9. The van der Waals surface area contributed by atoms with E-state index in [0.717, 1.165) is 36.3 Å². The number of hydrogen-bond donors (Lipinski definition) is 4. The number of benzene rings is 2. The van der Waals surface area contributed by atoms with Crippen LogP contribution in [0.2, 0.25) is 0 Å². The number of nitrogens with one attached hydrogen (secondary N) is 3. The van der Waals surface area contributed by atoms with E-state index in [9.17, 15) is 13.6 Å². The van der Waals surface area contributed by atoms with Gasteiger partial charge in [-0.25, -0.2) is 17.6 Å². The lowest BCUT2D eigenvalue weighted by Crippen LogP contribution is -2.14. The van der Waals surface area contributed by atoms with Gasteiger partial charge < -0.3 is 15.4 Å². The Balaban J connectivity index is 1.70. The first-order valence-corrected chi connectivity index (χ1v) is 10.9. The molecule has 0 unspecified atom stereocenters. The monoisotopic (exact) mass is 499 g/mol. The minimum absolute atomic E-state index is 0.0622. The highest BCUT2D eigenvalue weighted by Crippen LogP contribution is 2.37. The molecule has 0 saturated carbocycles. The normalized spacial score (nSPS) is 10.9. The molecule has 35 heavy (non-hydrogen) atoms. The summed E-state index contributed by atoms with van der Waals surface area (Å²) in [4.78, 5) is 18.2. The molecular formula is C24H17F4N5OS. The van der Waals surface area contributed by atoms with E-state index in [0.29, 0.717) is 10.6 Å². The van der Waals surface area contributed by atoms with Gasteiger partial charge in [-0.05, 0) is 49.2 Å². The van der Waals surface area contributed by atoms with Crippen LogP contribution in [0, 0.1) is 35.6 Å². The molecule has 5 N–H and O–H groups in total. The SMILES string of the molecule is Cc1ncc(F)cc1SNc1ccc(F)c(-c2ccc(C(=N)c3cccc(=O)[nH]3)c(N)c2F)c1F. The van der Waals surface area contributed by atoms with E-state index in [1.54, 1.807) is 6.92 Å². The zero-order chi connectivity index (χ0) is 25.3. The fraction of sp³-hybridized carbons (Fsp3) is 0.0417. The third-order valence-electron chi connectivity index (χ3n) is 5.13. The number of aryl methyl sites for hydroxylation is 1. The minimum atomic E-state index is -1.13. The van der Waals surface area contributed by atoms with Crippen molar-refractivity contribution in [3.8, 4) is 11.1 Å². The van der Waals surface area contributed by atoms with E-state index < -0.39 is 45.6 Å². The molecule has 6 nitrogen and oxygen atoms in total. The summed E-state index contributed by atoms with van der Waals surface area (Å²) in [6, 6.07) is 9.76. The van der Waals surface area contributed by atoms with Crippen molar-refractivity contribution < 1.29 is 17.6 Å². The van der Waals surface area contributed by atoms with Gasteiger partial charge in [-0.1, -0.05) is 12.1 Å². The maximum atomic E-state index is 15.3. The van der Waals surface area contributed by atoms with Gasteiger partial charge in [0.1, 0.15) is 11.6 Å². The molecule has 0 aliphatic heterocycles. The van der Waals surface area contributed by atoms with Crippen molar-refractivity contribution in [2.45, 2.75) is 11.8 Å². The topological polar surface area (TPSA) is 108 Å². The quantitative estimate of drug-likeness (QED) is 0.123. The highest BCUT2D eigenvalue weighted by Gasteiger charge is 2.23. The summed E-state index contributed by atoms with van der Waals surface area (Å²) < 4.78 is 61.3. The fourth-order valence-electron chi connectivity index (χ4n) is 3.32. The molecule has 0 saturated heterocycles. The average Bonchev–Trinajstić information content (AvgIpc) is 2.83. The van der Waals surface area contributed by atoms with Crippen LogP contribution in [0.4, 0.5) is 28.9 Å². The molecule has 2 aromatic carbocycles. The molecule has 0 atom stereocenters. The fourth-order valence-corrected chi connectivity index (χ4v) is 4.07. The van der Waals surface area contributed by atoms with E-state index in [-0.39, 0.29) is 22.7 Å². The number of aromatic amines is 1. The summed E-state index contributed by atoms with van der Waals surface area (Å²) in [5, 5.41) is 8.26. The molecule has 2 heterocycles. The molecule has 11 heteroatoms. The molecular weight excluding hydrogens is 482 g/mol. The minimum Gasteiger partial charge on any atom is -0.396 e. The Kier molecular flexibility index (Phi) is 6.61. The summed E-state index contributed by atoms with van der Waals surface area (Å²) >= 11 is 0.860. The van der Waals surface area contributed by atoms with Gasteiger partial charge in [0.15, 0.2) is 11.6 Å². The highest BCUT2D eigenvalue weighted by molar-refractivity contribution is 8.00. The molecule has 4 aromatic rings. The lowest BCUT2D eigenvalue weighted by Gasteiger charge is -2.15. The molecule has 0 amide bonds. The van der Waals surface area contributed by atoms with E-state index in [1.807, 2.05) is 0 Å². The van der Waals surface area contributed by atoms with Crippen LogP contribution in [0.5, 0.6) is 0 Å². The molecule has 2 aromatic heterocycles. The molecule has 0 spiro atoms. The third kappa shape index (κ3) is 4.76. The van der Waals surface area contributed by atoms with Crippen molar-refractivity contribution >= 4 is 29.0 Å². The predicted molar refractivity (Wildman–Crippen MR) is 128 cm³/mol. The number of nitrogens with two attached hydrogens (primary N) is 1. The van der Waals surface area contributed by atoms with Crippen molar-refractivity contribution in [1.82, 2.24) is 9.97 Å². The van der Waals surface area contributed by atoms with Crippen LogP contribution in [0.3, 0.4) is 0 Å². The second kappa shape index (κ2) is 9.63. The van der Waals surface area contributed by atoms with Gasteiger partial charge in [-0.3, -0.25) is 15.2 Å². The number of H-pyrrole nitrogens is 1. The van der Waals surface area contributed by atoms with Crippen LogP contribution >= 0.6 is 11.9 Å². The third-order valence-corrected chi connectivity index (χ3v) is 6.08. The summed E-state index contributed by atoms with van der Waals surface area (Å²) in [5.74, 6) is -3.83. The second-order valence-electron chi connectivity index (χ2n) is 7.42. The number of pyridine rings is 2.